The fraction of sp³-hybridized carbons (Fsp3) is 0. The number of hydrogen-bond acceptors (Lipinski definition) is 4. The summed E-state index contributed by atoms with van der Waals surface area (Å²) < 4.78 is 14.1. The maximum atomic E-state index is 14.1. The van der Waals surface area contributed by atoms with Crippen LogP contribution in [0.2, 0.25) is 0 Å². The van der Waals surface area contributed by atoms with E-state index >= 15 is 0 Å². The SMILES string of the molecule is Nc1ccc(P(=O)(c2ccccc2)c2ccccc2)c(N)c1N. The lowest BCUT2D eigenvalue weighted by Crippen LogP contribution is -2.27. The number of benzene rings is 3. The van der Waals surface area contributed by atoms with Gasteiger partial charge in [0.05, 0.1) is 17.1 Å². The van der Waals surface area contributed by atoms with Crippen LogP contribution in [-0.4, -0.2) is 0 Å². The van der Waals surface area contributed by atoms with Gasteiger partial charge in [0.15, 0.2) is 7.14 Å². The van der Waals surface area contributed by atoms with Crippen molar-refractivity contribution in [2.45, 2.75) is 0 Å². The minimum Gasteiger partial charge on any atom is -0.397 e. The van der Waals surface area contributed by atoms with Crippen molar-refractivity contribution in [2.24, 2.45) is 0 Å². The lowest BCUT2D eigenvalue weighted by molar-refractivity contribution is 0.592. The first-order chi connectivity index (χ1) is 11.0. The summed E-state index contributed by atoms with van der Waals surface area (Å²) in [6.07, 6.45) is 0. The predicted octanol–water partition coefficient (Wildman–Crippen LogP) is 2.07. The topological polar surface area (TPSA) is 95.1 Å². The van der Waals surface area contributed by atoms with Crippen LogP contribution in [0.5, 0.6) is 0 Å². The first-order valence-electron chi connectivity index (χ1n) is 7.20. The first kappa shape index (κ1) is 15.2. The summed E-state index contributed by atoms with van der Waals surface area (Å²) in [5.74, 6) is 0. The molecule has 3 aromatic rings. The Morgan fingerprint density at radius 2 is 1.09 bits per heavy atom. The molecule has 0 saturated carbocycles. The van der Waals surface area contributed by atoms with Crippen molar-refractivity contribution in [3.8, 4) is 0 Å². The van der Waals surface area contributed by atoms with Gasteiger partial charge >= 0.3 is 0 Å². The van der Waals surface area contributed by atoms with Gasteiger partial charge < -0.3 is 21.8 Å². The molecule has 0 saturated heterocycles. The van der Waals surface area contributed by atoms with Gasteiger partial charge in [-0.05, 0) is 12.1 Å². The van der Waals surface area contributed by atoms with Gasteiger partial charge in [-0.1, -0.05) is 60.7 Å². The Morgan fingerprint density at radius 3 is 1.57 bits per heavy atom. The highest BCUT2D eigenvalue weighted by Crippen LogP contribution is 2.45. The Balaban J connectivity index is 2.35. The van der Waals surface area contributed by atoms with Crippen molar-refractivity contribution < 1.29 is 4.57 Å². The van der Waals surface area contributed by atoms with Crippen molar-refractivity contribution >= 4 is 40.1 Å². The molecule has 0 atom stereocenters. The summed E-state index contributed by atoms with van der Waals surface area (Å²) in [6.45, 7) is 0. The van der Waals surface area contributed by atoms with E-state index in [9.17, 15) is 4.57 Å². The number of rotatable bonds is 3. The highest BCUT2D eigenvalue weighted by Gasteiger charge is 2.32. The van der Waals surface area contributed by atoms with E-state index in [1.54, 1.807) is 12.1 Å². The van der Waals surface area contributed by atoms with Crippen molar-refractivity contribution in [1.82, 2.24) is 0 Å². The van der Waals surface area contributed by atoms with Crippen LogP contribution in [0.25, 0.3) is 0 Å². The molecule has 0 bridgehead atoms. The van der Waals surface area contributed by atoms with E-state index in [2.05, 4.69) is 0 Å². The van der Waals surface area contributed by atoms with Gasteiger partial charge in [0, 0.05) is 15.9 Å². The van der Waals surface area contributed by atoms with Crippen LogP contribution in [0.4, 0.5) is 17.1 Å². The maximum Gasteiger partial charge on any atom is 0.173 e. The molecule has 0 aliphatic carbocycles. The highest BCUT2D eigenvalue weighted by molar-refractivity contribution is 7.85. The summed E-state index contributed by atoms with van der Waals surface area (Å²) in [5, 5.41) is 1.94. The first-order valence-corrected chi connectivity index (χ1v) is 8.91. The average molecular weight is 323 g/mol. The van der Waals surface area contributed by atoms with Crippen LogP contribution in [0.3, 0.4) is 0 Å². The third-order valence-corrected chi connectivity index (χ3v) is 7.00. The molecule has 0 unspecified atom stereocenters. The van der Waals surface area contributed by atoms with E-state index in [1.165, 1.54) is 0 Å². The van der Waals surface area contributed by atoms with Gasteiger partial charge in [-0.2, -0.15) is 0 Å². The van der Waals surface area contributed by atoms with Gasteiger partial charge in [-0.3, -0.25) is 0 Å². The second-order valence-corrected chi connectivity index (χ2v) is 8.01. The molecular formula is C18H18N3OP. The zero-order valence-electron chi connectivity index (χ0n) is 12.5. The van der Waals surface area contributed by atoms with Crippen LogP contribution >= 0.6 is 7.14 Å². The second kappa shape index (κ2) is 5.82. The molecule has 0 aromatic heterocycles. The number of nitrogens with two attached hydrogens (primary N) is 3. The summed E-state index contributed by atoms with van der Waals surface area (Å²) in [6, 6.07) is 22.0. The minimum absolute atomic E-state index is 0.273. The Bertz CT molecular complexity index is 836. The molecule has 0 heterocycles. The maximum absolute atomic E-state index is 14.1. The lowest BCUT2D eigenvalue weighted by atomic mass is 10.2. The number of nitrogen functional groups attached to an aromatic ring is 3. The monoisotopic (exact) mass is 323 g/mol. The van der Waals surface area contributed by atoms with Crippen LogP contribution in [0.1, 0.15) is 0 Å². The number of anilines is 3. The molecule has 3 aromatic carbocycles. The molecule has 6 N–H and O–H groups in total. The van der Waals surface area contributed by atoms with Gasteiger partial charge in [-0.15, -0.1) is 0 Å². The van der Waals surface area contributed by atoms with Crippen LogP contribution in [0, 0.1) is 0 Å². The Labute approximate surface area is 135 Å². The van der Waals surface area contributed by atoms with Gasteiger partial charge in [0.2, 0.25) is 0 Å². The van der Waals surface area contributed by atoms with E-state index in [0.29, 0.717) is 21.6 Å². The van der Waals surface area contributed by atoms with Crippen molar-refractivity contribution in [2.75, 3.05) is 17.2 Å². The molecule has 116 valence electrons. The van der Waals surface area contributed by atoms with Gasteiger partial charge in [0.25, 0.3) is 0 Å². The summed E-state index contributed by atoms with van der Waals surface area (Å²) in [7, 11) is -3.12. The third-order valence-electron chi connectivity index (χ3n) is 3.88. The molecule has 4 nitrogen and oxygen atoms in total. The quantitative estimate of drug-likeness (QED) is 0.508. The minimum atomic E-state index is -3.12. The zero-order chi connectivity index (χ0) is 16.4. The number of hydrogen-bond donors (Lipinski definition) is 3. The molecule has 0 fully saturated rings. The van der Waals surface area contributed by atoms with E-state index in [4.69, 9.17) is 17.2 Å². The molecule has 0 aliphatic rings. The normalized spacial score (nSPS) is 11.3. The largest absolute Gasteiger partial charge is 0.397 e. The van der Waals surface area contributed by atoms with Gasteiger partial charge in [-0.25, -0.2) is 0 Å². The van der Waals surface area contributed by atoms with E-state index < -0.39 is 7.14 Å². The Hall–Kier alpha value is -2.71. The van der Waals surface area contributed by atoms with Crippen molar-refractivity contribution in [3.63, 3.8) is 0 Å². The molecule has 0 spiro atoms. The van der Waals surface area contributed by atoms with E-state index in [1.807, 2.05) is 60.7 Å². The van der Waals surface area contributed by atoms with E-state index in [-0.39, 0.29) is 11.4 Å². The van der Waals surface area contributed by atoms with Gasteiger partial charge in [0.1, 0.15) is 0 Å². The fourth-order valence-corrected chi connectivity index (χ4v) is 5.40. The molecule has 0 amide bonds. The molecule has 23 heavy (non-hydrogen) atoms. The molecule has 3 rings (SSSR count). The standard InChI is InChI=1S/C18H18N3OP/c19-15-11-12-16(18(21)17(15)20)23(22,13-7-3-1-4-8-13)14-9-5-2-6-10-14/h1-12H,19-21H2. The summed E-state index contributed by atoms with van der Waals surface area (Å²) in [4.78, 5) is 0. The molecular weight excluding hydrogens is 305 g/mol. The van der Waals surface area contributed by atoms with Crippen molar-refractivity contribution in [3.05, 3.63) is 72.8 Å². The van der Waals surface area contributed by atoms with Crippen molar-refractivity contribution in [1.29, 1.82) is 0 Å². The van der Waals surface area contributed by atoms with E-state index in [0.717, 1.165) is 0 Å². The Morgan fingerprint density at radius 1 is 0.609 bits per heavy atom. The van der Waals surface area contributed by atoms with Crippen LogP contribution in [0.15, 0.2) is 72.8 Å². The Kier molecular flexibility index (Phi) is 3.85. The molecule has 5 heteroatoms. The fourth-order valence-electron chi connectivity index (χ4n) is 2.62. The van der Waals surface area contributed by atoms with Crippen LogP contribution in [-0.2, 0) is 4.57 Å². The highest BCUT2D eigenvalue weighted by atomic mass is 31.2. The lowest BCUT2D eigenvalue weighted by Gasteiger charge is -2.22. The third kappa shape index (κ3) is 2.47. The average Bonchev–Trinajstić information content (AvgIpc) is 2.61. The molecule has 0 aliphatic heterocycles. The summed E-state index contributed by atoms with van der Waals surface area (Å²) in [5.41, 5.74) is 18.9. The smallest absolute Gasteiger partial charge is 0.173 e. The zero-order valence-corrected chi connectivity index (χ0v) is 13.4. The summed E-state index contributed by atoms with van der Waals surface area (Å²) >= 11 is 0. The predicted molar refractivity (Wildman–Crippen MR) is 99.1 cm³/mol. The molecule has 0 radical (unpaired) electrons. The second-order valence-electron chi connectivity index (χ2n) is 5.28. The van der Waals surface area contributed by atoms with Crippen LogP contribution < -0.4 is 33.1 Å².